The zero-order valence-electron chi connectivity index (χ0n) is 19.5. The van der Waals surface area contributed by atoms with Crippen molar-refractivity contribution in [1.29, 1.82) is 0 Å². The first-order valence-electron chi connectivity index (χ1n) is 11.0. The molecule has 1 aliphatic rings. The van der Waals surface area contributed by atoms with Gasteiger partial charge < -0.3 is 20.1 Å². The van der Waals surface area contributed by atoms with Gasteiger partial charge in [-0.15, -0.1) is 0 Å². The average Bonchev–Trinajstić information content (AvgIpc) is 2.90. The van der Waals surface area contributed by atoms with E-state index in [1.54, 1.807) is 48.5 Å². The molecule has 1 unspecified atom stereocenters. The first-order valence-corrected chi connectivity index (χ1v) is 11.0. The van der Waals surface area contributed by atoms with E-state index in [1.165, 1.54) is 32.2 Å². The van der Waals surface area contributed by atoms with Crippen LogP contribution in [0.5, 0.6) is 5.75 Å². The molecule has 0 fully saturated rings. The van der Waals surface area contributed by atoms with Gasteiger partial charge in [0.05, 0.1) is 18.4 Å². The van der Waals surface area contributed by atoms with Crippen molar-refractivity contribution in [3.63, 3.8) is 0 Å². The molecule has 0 aromatic heterocycles. The highest BCUT2D eigenvalue weighted by Crippen LogP contribution is 2.32. The van der Waals surface area contributed by atoms with Gasteiger partial charge >= 0.3 is 5.97 Å². The third kappa shape index (κ3) is 4.85. The van der Waals surface area contributed by atoms with Crippen LogP contribution >= 0.6 is 0 Å². The third-order valence-electron chi connectivity index (χ3n) is 5.61. The summed E-state index contributed by atoms with van der Waals surface area (Å²) < 4.78 is 10.2. The van der Waals surface area contributed by atoms with Crippen LogP contribution in [0.4, 0.5) is 5.69 Å². The third-order valence-corrected chi connectivity index (χ3v) is 5.61. The van der Waals surface area contributed by atoms with Gasteiger partial charge in [0.1, 0.15) is 12.3 Å². The lowest BCUT2D eigenvalue weighted by Crippen LogP contribution is -2.36. The lowest BCUT2D eigenvalue weighted by Gasteiger charge is -2.21. The van der Waals surface area contributed by atoms with Crippen molar-refractivity contribution in [2.45, 2.75) is 13.0 Å². The van der Waals surface area contributed by atoms with Crippen molar-refractivity contribution < 1.29 is 33.4 Å². The molecule has 0 spiro atoms. The summed E-state index contributed by atoms with van der Waals surface area (Å²) in [6, 6.07) is 17.4. The second-order valence-corrected chi connectivity index (χ2v) is 7.97. The van der Waals surface area contributed by atoms with Crippen LogP contribution in [0.1, 0.15) is 49.1 Å². The summed E-state index contributed by atoms with van der Waals surface area (Å²) in [5.41, 5.74) is 1.25. The molecular formula is C27H22N2O7. The molecule has 3 aromatic carbocycles. The zero-order valence-corrected chi connectivity index (χ0v) is 19.5. The maximum atomic E-state index is 13.1. The molecule has 0 heterocycles. The van der Waals surface area contributed by atoms with E-state index in [0.717, 1.165) is 0 Å². The number of hydrogen-bond donors (Lipinski definition) is 2. The van der Waals surface area contributed by atoms with Crippen LogP contribution in [0, 0.1) is 0 Å². The van der Waals surface area contributed by atoms with Gasteiger partial charge in [-0.3, -0.25) is 24.0 Å². The summed E-state index contributed by atoms with van der Waals surface area (Å²) >= 11 is 0. The molecule has 0 saturated carbocycles. The van der Waals surface area contributed by atoms with Gasteiger partial charge in [0.2, 0.25) is 0 Å². The number of amides is 2. The highest BCUT2D eigenvalue weighted by Gasteiger charge is 2.32. The second-order valence-electron chi connectivity index (χ2n) is 7.97. The van der Waals surface area contributed by atoms with E-state index in [4.69, 9.17) is 9.47 Å². The fraction of sp³-hybridized carbons (Fsp3) is 0.148. The fourth-order valence-electron chi connectivity index (χ4n) is 3.79. The molecule has 36 heavy (non-hydrogen) atoms. The van der Waals surface area contributed by atoms with E-state index in [2.05, 4.69) is 10.6 Å². The van der Waals surface area contributed by atoms with Crippen LogP contribution in [-0.2, 0) is 14.3 Å². The van der Waals surface area contributed by atoms with E-state index in [9.17, 15) is 24.0 Å². The van der Waals surface area contributed by atoms with Gasteiger partial charge in [0.15, 0.2) is 17.7 Å². The number of ketones is 2. The number of hydrogen-bond acceptors (Lipinski definition) is 7. The van der Waals surface area contributed by atoms with Crippen molar-refractivity contribution in [2.24, 2.45) is 0 Å². The number of methoxy groups -OCH3 is 1. The number of fused-ring (bicyclic) bond motifs is 2. The predicted octanol–water partition coefficient (Wildman–Crippen LogP) is 2.77. The van der Waals surface area contributed by atoms with E-state index < -0.39 is 30.4 Å². The van der Waals surface area contributed by atoms with Crippen molar-refractivity contribution in [3.05, 3.63) is 94.5 Å². The molecular weight excluding hydrogens is 464 g/mol. The quantitative estimate of drug-likeness (QED) is 0.385. The van der Waals surface area contributed by atoms with Crippen LogP contribution < -0.4 is 15.4 Å². The number of anilines is 1. The molecule has 0 bridgehead atoms. The van der Waals surface area contributed by atoms with Gasteiger partial charge in [0.25, 0.3) is 11.8 Å². The topological polar surface area (TPSA) is 128 Å². The summed E-state index contributed by atoms with van der Waals surface area (Å²) in [4.78, 5) is 63.1. The van der Waals surface area contributed by atoms with Gasteiger partial charge in [0, 0.05) is 22.3 Å². The molecule has 9 nitrogen and oxygen atoms in total. The Morgan fingerprint density at radius 3 is 2.25 bits per heavy atom. The minimum Gasteiger partial charge on any atom is -0.497 e. The number of rotatable bonds is 7. The van der Waals surface area contributed by atoms with Crippen LogP contribution in [-0.4, -0.2) is 49.1 Å². The van der Waals surface area contributed by atoms with Crippen molar-refractivity contribution >= 4 is 35.0 Å². The number of nitrogens with one attached hydrogen (secondary N) is 2. The molecule has 2 N–H and O–H groups in total. The second kappa shape index (κ2) is 10.2. The van der Waals surface area contributed by atoms with Crippen LogP contribution in [0.3, 0.4) is 0 Å². The van der Waals surface area contributed by atoms with Crippen LogP contribution in [0.25, 0.3) is 0 Å². The number of benzene rings is 3. The maximum absolute atomic E-state index is 13.1. The smallest absolute Gasteiger partial charge is 0.326 e. The number of carbonyl (C=O) groups excluding carboxylic acids is 5. The Kier molecular flexibility index (Phi) is 6.91. The molecule has 1 atom stereocenters. The molecule has 4 rings (SSSR count). The SMILES string of the molecule is COc1cccc(C(=O)NCC(=O)OC(C)C(=O)Nc2cccc3c2C(=O)c2ccccc2C3=O)c1. The highest BCUT2D eigenvalue weighted by molar-refractivity contribution is 6.30. The van der Waals surface area contributed by atoms with E-state index in [-0.39, 0.29) is 33.9 Å². The molecule has 182 valence electrons. The summed E-state index contributed by atoms with van der Waals surface area (Å²) in [5, 5.41) is 4.99. The Labute approximate surface area is 206 Å². The lowest BCUT2D eigenvalue weighted by molar-refractivity contribution is -0.152. The molecule has 0 radical (unpaired) electrons. The number of esters is 1. The summed E-state index contributed by atoms with van der Waals surface area (Å²) in [6.07, 6.45) is -1.23. The molecule has 0 aliphatic heterocycles. The normalized spacial score (nSPS) is 12.6. The summed E-state index contributed by atoms with van der Waals surface area (Å²) in [5.74, 6) is -2.26. The van der Waals surface area contributed by atoms with Gasteiger partial charge in [-0.05, 0) is 31.2 Å². The fourth-order valence-corrected chi connectivity index (χ4v) is 3.79. The van der Waals surface area contributed by atoms with Gasteiger partial charge in [-0.2, -0.15) is 0 Å². The van der Waals surface area contributed by atoms with Crippen LogP contribution in [0.2, 0.25) is 0 Å². The average molecular weight is 486 g/mol. The Morgan fingerprint density at radius 1 is 0.861 bits per heavy atom. The van der Waals surface area contributed by atoms with Crippen molar-refractivity contribution in [3.8, 4) is 5.75 Å². The molecule has 9 heteroatoms. The first-order chi connectivity index (χ1) is 17.3. The van der Waals surface area contributed by atoms with Crippen molar-refractivity contribution in [1.82, 2.24) is 5.32 Å². The van der Waals surface area contributed by atoms with Gasteiger partial charge in [-0.25, -0.2) is 0 Å². The van der Waals surface area contributed by atoms with E-state index >= 15 is 0 Å². The molecule has 2 amide bonds. The van der Waals surface area contributed by atoms with Crippen LogP contribution in [0.15, 0.2) is 66.7 Å². The summed E-state index contributed by atoms with van der Waals surface area (Å²) in [7, 11) is 1.47. The number of carbonyl (C=O) groups is 5. The molecule has 1 aliphatic carbocycles. The maximum Gasteiger partial charge on any atom is 0.326 e. The molecule has 0 saturated heterocycles. The largest absolute Gasteiger partial charge is 0.497 e. The Bertz CT molecular complexity index is 1400. The lowest BCUT2D eigenvalue weighted by atomic mass is 9.83. The predicted molar refractivity (Wildman–Crippen MR) is 129 cm³/mol. The van der Waals surface area contributed by atoms with Crippen molar-refractivity contribution in [2.75, 3.05) is 19.0 Å². The monoisotopic (exact) mass is 486 g/mol. The molecule has 3 aromatic rings. The Morgan fingerprint density at radius 2 is 1.53 bits per heavy atom. The van der Waals surface area contributed by atoms with E-state index in [1.807, 2.05) is 0 Å². The minimum absolute atomic E-state index is 0.0821. The minimum atomic E-state index is -1.23. The summed E-state index contributed by atoms with van der Waals surface area (Å²) in [6.45, 7) is 0.896. The highest BCUT2D eigenvalue weighted by atomic mass is 16.5. The number of ether oxygens (including phenoxy) is 2. The van der Waals surface area contributed by atoms with Gasteiger partial charge in [-0.1, -0.05) is 42.5 Å². The Hall–Kier alpha value is -4.79. The first kappa shape index (κ1) is 24.3. The standard InChI is InChI=1S/C27H22N2O7/c1-15(36-22(30)14-28-27(34)16-7-5-8-17(13-16)35-2)26(33)29-21-12-6-11-20-23(21)25(32)19-10-4-3-9-18(19)24(20)31/h3-13,15H,14H2,1-2H3,(H,28,34)(H,29,33). The zero-order chi connectivity index (χ0) is 25.8. The Balaban J connectivity index is 1.39. The van der Waals surface area contributed by atoms with E-state index in [0.29, 0.717) is 16.9 Å².